The normalized spacial score (nSPS) is 13.0. The largest absolute Gasteiger partial charge is 0.497 e. The molecular formula is C33H41N3O6. The zero-order valence-electron chi connectivity index (χ0n) is 25.7. The Kier molecular flexibility index (Phi) is 9.29. The number of aromatic nitrogens is 2. The summed E-state index contributed by atoms with van der Waals surface area (Å²) in [6.07, 6.45) is 1.97. The number of nitrogens with one attached hydrogen (secondary N) is 1. The molecule has 0 spiro atoms. The Morgan fingerprint density at radius 2 is 1.71 bits per heavy atom. The predicted octanol–water partition coefficient (Wildman–Crippen LogP) is 6.24. The molecule has 2 atom stereocenters. The van der Waals surface area contributed by atoms with Gasteiger partial charge in [-0.3, -0.25) is 14.3 Å². The van der Waals surface area contributed by atoms with Crippen molar-refractivity contribution in [3.05, 3.63) is 70.3 Å². The molecule has 9 nitrogen and oxygen atoms in total. The standard InChI is InChI=1S/C33H41N3O6/c1-20(17-21(2)35-32(38)42-33(4,5)6)19-41-27-14-13-26-25-15-16-34-22(3)28(25)31(37)36(29(26)30(27)40-8)18-23-9-11-24(39-7)12-10-23/h9-16,20-21H,17-19H2,1-8H3,(H,35,38). The Morgan fingerprint density at radius 1 is 1.00 bits per heavy atom. The van der Waals surface area contributed by atoms with E-state index in [4.69, 9.17) is 18.9 Å². The zero-order valence-corrected chi connectivity index (χ0v) is 25.7. The lowest BCUT2D eigenvalue weighted by atomic mass is 10.0. The fraction of sp³-hybridized carbons (Fsp3) is 0.424. The van der Waals surface area contributed by atoms with Crippen molar-refractivity contribution in [2.24, 2.45) is 5.92 Å². The third-order valence-corrected chi connectivity index (χ3v) is 7.00. The van der Waals surface area contributed by atoms with E-state index in [1.165, 1.54) is 0 Å². The van der Waals surface area contributed by atoms with Gasteiger partial charge in [0.15, 0.2) is 11.5 Å². The molecule has 0 aliphatic heterocycles. The van der Waals surface area contributed by atoms with Crippen molar-refractivity contribution in [3.8, 4) is 17.2 Å². The number of alkyl carbamates (subject to hydrolysis) is 1. The first-order valence-corrected chi connectivity index (χ1v) is 14.2. The van der Waals surface area contributed by atoms with E-state index in [9.17, 15) is 9.59 Å². The van der Waals surface area contributed by atoms with Crippen LogP contribution >= 0.6 is 0 Å². The number of aryl methyl sites for hydroxylation is 1. The van der Waals surface area contributed by atoms with E-state index in [1.54, 1.807) is 25.0 Å². The Hall–Kier alpha value is -4.27. The lowest BCUT2D eigenvalue weighted by molar-refractivity contribution is 0.0500. The van der Waals surface area contributed by atoms with Crippen LogP contribution in [-0.2, 0) is 11.3 Å². The molecule has 1 N–H and O–H groups in total. The monoisotopic (exact) mass is 575 g/mol. The van der Waals surface area contributed by atoms with Crippen LogP contribution in [0, 0.1) is 12.8 Å². The number of rotatable bonds is 10. The summed E-state index contributed by atoms with van der Waals surface area (Å²) in [4.78, 5) is 30.5. The molecular weight excluding hydrogens is 534 g/mol. The van der Waals surface area contributed by atoms with Crippen molar-refractivity contribution >= 4 is 27.8 Å². The Labute approximate surface area is 246 Å². The van der Waals surface area contributed by atoms with Crippen LogP contribution in [0.25, 0.3) is 21.7 Å². The van der Waals surface area contributed by atoms with Crippen molar-refractivity contribution in [2.75, 3.05) is 20.8 Å². The van der Waals surface area contributed by atoms with Gasteiger partial charge < -0.3 is 24.3 Å². The van der Waals surface area contributed by atoms with Gasteiger partial charge in [0, 0.05) is 23.0 Å². The maximum absolute atomic E-state index is 14.0. The Bertz CT molecular complexity index is 1620. The molecule has 0 fully saturated rings. The van der Waals surface area contributed by atoms with Gasteiger partial charge >= 0.3 is 6.09 Å². The van der Waals surface area contributed by atoms with Crippen molar-refractivity contribution in [3.63, 3.8) is 0 Å². The van der Waals surface area contributed by atoms with E-state index in [-0.39, 0.29) is 17.5 Å². The van der Waals surface area contributed by atoms with Gasteiger partial charge in [0.25, 0.3) is 5.56 Å². The number of fused-ring (bicyclic) bond motifs is 3. The minimum atomic E-state index is -0.556. The van der Waals surface area contributed by atoms with Crippen LogP contribution in [0.3, 0.4) is 0 Å². The fourth-order valence-corrected chi connectivity index (χ4v) is 5.18. The van der Waals surface area contributed by atoms with Gasteiger partial charge in [-0.15, -0.1) is 0 Å². The lowest BCUT2D eigenvalue weighted by Crippen LogP contribution is -2.38. The van der Waals surface area contributed by atoms with Gasteiger partial charge in [-0.25, -0.2) is 4.79 Å². The summed E-state index contributed by atoms with van der Waals surface area (Å²) < 4.78 is 24.6. The SMILES string of the molecule is COc1ccc(Cn2c(=O)c3c(C)nccc3c3ccc(OCC(C)CC(C)NC(=O)OC(C)(C)C)c(OC)c32)cc1. The Morgan fingerprint density at radius 3 is 2.36 bits per heavy atom. The first kappa shape index (κ1) is 30.7. The summed E-state index contributed by atoms with van der Waals surface area (Å²) in [5, 5.41) is 5.15. The topological polar surface area (TPSA) is 101 Å². The number of nitrogens with zero attached hydrogens (tertiary/aromatic N) is 2. The smallest absolute Gasteiger partial charge is 0.407 e. The third kappa shape index (κ3) is 6.95. The molecule has 0 saturated heterocycles. The maximum Gasteiger partial charge on any atom is 0.407 e. The van der Waals surface area contributed by atoms with Crippen LogP contribution < -0.4 is 25.1 Å². The molecule has 4 rings (SSSR count). The lowest BCUT2D eigenvalue weighted by Gasteiger charge is -2.24. The average Bonchev–Trinajstić information content (AvgIpc) is 2.92. The maximum atomic E-state index is 14.0. The minimum absolute atomic E-state index is 0.102. The van der Waals surface area contributed by atoms with Gasteiger partial charge in [0.2, 0.25) is 0 Å². The van der Waals surface area contributed by atoms with Crippen molar-refractivity contribution in [1.29, 1.82) is 0 Å². The average molecular weight is 576 g/mol. The van der Waals surface area contributed by atoms with Gasteiger partial charge in [0.05, 0.1) is 44.0 Å². The van der Waals surface area contributed by atoms with Crippen LogP contribution in [0.4, 0.5) is 4.79 Å². The van der Waals surface area contributed by atoms with Crippen molar-refractivity contribution in [1.82, 2.24) is 14.9 Å². The second kappa shape index (κ2) is 12.7. The number of amides is 1. The summed E-state index contributed by atoms with van der Waals surface area (Å²) in [6.45, 7) is 12.1. The third-order valence-electron chi connectivity index (χ3n) is 7.00. The molecule has 0 bridgehead atoms. The molecule has 9 heteroatoms. The minimum Gasteiger partial charge on any atom is -0.497 e. The highest BCUT2D eigenvalue weighted by Crippen LogP contribution is 2.38. The first-order chi connectivity index (χ1) is 19.9. The Balaban J connectivity index is 1.67. The molecule has 4 aromatic rings. The second-order valence-electron chi connectivity index (χ2n) is 11.8. The summed E-state index contributed by atoms with van der Waals surface area (Å²) >= 11 is 0. The number of carbonyl (C=O) groups excluding carboxylic acids is 1. The van der Waals surface area contributed by atoms with Gasteiger partial charge in [-0.1, -0.05) is 19.1 Å². The first-order valence-electron chi connectivity index (χ1n) is 14.2. The molecule has 0 saturated carbocycles. The molecule has 2 unspecified atom stereocenters. The summed E-state index contributed by atoms with van der Waals surface area (Å²) in [5.41, 5.74) is 1.56. The van der Waals surface area contributed by atoms with Crippen LogP contribution in [0.2, 0.25) is 0 Å². The molecule has 2 aromatic carbocycles. The highest BCUT2D eigenvalue weighted by atomic mass is 16.6. The zero-order chi connectivity index (χ0) is 30.6. The van der Waals surface area contributed by atoms with Crippen LogP contribution in [-0.4, -0.2) is 48.1 Å². The number of hydrogen-bond acceptors (Lipinski definition) is 7. The predicted molar refractivity (Wildman–Crippen MR) is 165 cm³/mol. The van der Waals surface area contributed by atoms with E-state index in [1.807, 2.05) is 77.1 Å². The van der Waals surface area contributed by atoms with E-state index < -0.39 is 11.7 Å². The van der Waals surface area contributed by atoms with Crippen LogP contribution in [0.1, 0.15) is 52.3 Å². The molecule has 42 heavy (non-hydrogen) atoms. The van der Waals surface area contributed by atoms with E-state index in [0.29, 0.717) is 47.7 Å². The van der Waals surface area contributed by atoms with E-state index in [0.717, 1.165) is 22.1 Å². The summed E-state index contributed by atoms with van der Waals surface area (Å²) in [5.74, 6) is 1.88. The van der Waals surface area contributed by atoms with E-state index >= 15 is 0 Å². The van der Waals surface area contributed by atoms with Crippen molar-refractivity contribution < 1.29 is 23.7 Å². The fourth-order valence-electron chi connectivity index (χ4n) is 5.18. The quantitative estimate of drug-likeness (QED) is 0.223. The number of pyridine rings is 2. The number of hydrogen-bond donors (Lipinski definition) is 1. The molecule has 2 heterocycles. The highest BCUT2D eigenvalue weighted by Gasteiger charge is 2.22. The second-order valence-corrected chi connectivity index (χ2v) is 11.8. The number of ether oxygens (including phenoxy) is 4. The van der Waals surface area contributed by atoms with Crippen LogP contribution in [0.15, 0.2) is 53.5 Å². The number of carbonyl (C=O) groups is 1. The molecule has 1 amide bonds. The van der Waals surface area contributed by atoms with Crippen LogP contribution in [0.5, 0.6) is 17.2 Å². The molecule has 224 valence electrons. The van der Waals surface area contributed by atoms with Gasteiger partial charge in [-0.2, -0.15) is 0 Å². The van der Waals surface area contributed by atoms with Gasteiger partial charge in [-0.05, 0) is 82.9 Å². The summed E-state index contributed by atoms with van der Waals surface area (Å²) in [6, 6.07) is 13.3. The van der Waals surface area contributed by atoms with Gasteiger partial charge in [0.1, 0.15) is 11.4 Å². The number of benzene rings is 2. The highest BCUT2D eigenvalue weighted by molar-refractivity contribution is 6.08. The molecule has 2 aromatic heterocycles. The molecule has 0 aliphatic carbocycles. The molecule has 0 aliphatic rings. The van der Waals surface area contributed by atoms with Crippen molar-refractivity contribution in [2.45, 2.75) is 66.2 Å². The number of methoxy groups -OCH3 is 2. The molecule has 0 radical (unpaired) electrons. The summed E-state index contributed by atoms with van der Waals surface area (Å²) in [7, 11) is 3.21. The van der Waals surface area contributed by atoms with E-state index in [2.05, 4.69) is 17.2 Å².